The molecule has 2 fully saturated rings. The first-order valence-corrected chi connectivity index (χ1v) is 9.26. The van der Waals surface area contributed by atoms with E-state index in [1.54, 1.807) is 0 Å². The zero-order valence-corrected chi connectivity index (χ0v) is 15.3. The molecular formula is C19H29N3O3. The summed E-state index contributed by atoms with van der Waals surface area (Å²) >= 11 is 0. The Kier molecular flexibility index (Phi) is 5.18. The molecule has 0 bridgehead atoms. The number of aliphatic hydroxyl groups excluding tert-OH is 1. The highest BCUT2D eigenvalue weighted by molar-refractivity contribution is 5.95. The highest BCUT2D eigenvalue weighted by Crippen LogP contribution is 2.40. The van der Waals surface area contributed by atoms with Gasteiger partial charge in [0.2, 0.25) is 5.91 Å². The summed E-state index contributed by atoms with van der Waals surface area (Å²) in [6.07, 6.45) is 5.99. The maximum absolute atomic E-state index is 12.8. The lowest BCUT2D eigenvalue weighted by Crippen LogP contribution is -2.52. The van der Waals surface area contributed by atoms with E-state index in [0.717, 1.165) is 50.2 Å². The Hall–Kier alpha value is -1.82. The summed E-state index contributed by atoms with van der Waals surface area (Å²) in [7, 11) is 1.96. The lowest BCUT2D eigenvalue weighted by Gasteiger charge is -2.47. The van der Waals surface area contributed by atoms with Gasteiger partial charge in [0.25, 0.3) is 5.91 Å². The topological polar surface area (TPSA) is 65.8 Å². The van der Waals surface area contributed by atoms with Crippen molar-refractivity contribution in [2.45, 2.75) is 39.0 Å². The number of rotatable bonds is 4. The Labute approximate surface area is 149 Å². The molecule has 0 radical (unpaired) electrons. The second kappa shape index (κ2) is 7.20. The molecule has 25 heavy (non-hydrogen) atoms. The number of nitrogens with zero attached hydrogens (tertiary/aromatic N) is 3. The monoisotopic (exact) mass is 347 g/mol. The number of aryl methyl sites for hydroxylation is 1. The van der Waals surface area contributed by atoms with Gasteiger partial charge in [-0.3, -0.25) is 9.59 Å². The Morgan fingerprint density at radius 3 is 2.60 bits per heavy atom. The van der Waals surface area contributed by atoms with Crippen molar-refractivity contribution in [3.8, 4) is 0 Å². The zero-order valence-electron chi connectivity index (χ0n) is 15.3. The minimum absolute atomic E-state index is 0.121. The lowest BCUT2D eigenvalue weighted by atomic mass is 9.72. The van der Waals surface area contributed by atoms with E-state index in [1.807, 2.05) is 40.6 Å². The van der Waals surface area contributed by atoms with E-state index in [0.29, 0.717) is 19.4 Å². The van der Waals surface area contributed by atoms with Crippen molar-refractivity contribution in [1.29, 1.82) is 0 Å². The maximum atomic E-state index is 12.8. The standard InChI is InChI=1S/C19H29N3O3/c1-15-16(5-10-20(15)2)18(25)21-11-7-19(8-12-21)6-4-17(24)22(14-19)9-3-13-23/h5,10,23H,3-4,6-9,11-14H2,1-2H3. The first kappa shape index (κ1) is 18.0. The largest absolute Gasteiger partial charge is 0.396 e. The number of aliphatic hydroxyl groups is 1. The molecule has 2 aliphatic heterocycles. The minimum Gasteiger partial charge on any atom is -0.396 e. The predicted octanol–water partition coefficient (Wildman–Crippen LogP) is 1.56. The summed E-state index contributed by atoms with van der Waals surface area (Å²) in [5.41, 5.74) is 1.94. The molecule has 0 aromatic carbocycles. The van der Waals surface area contributed by atoms with Gasteiger partial charge in [0.05, 0.1) is 5.56 Å². The molecule has 6 heteroatoms. The maximum Gasteiger partial charge on any atom is 0.255 e. The van der Waals surface area contributed by atoms with Gasteiger partial charge in [-0.05, 0) is 44.1 Å². The average Bonchev–Trinajstić information content (AvgIpc) is 2.95. The molecule has 1 N–H and O–H groups in total. The smallest absolute Gasteiger partial charge is 0.255 e. The fraction of sp³-hybridized carbons (Fsp3) is 0.684. The molecule has 0 atom stereocenters. The number of hydrogen-bond acceptors (Lipinski definition) is 3. The van der Waals surface area contributed by atoms with E-state index in [-0.39, 0.29) is 23.8 Å². The van der Waals surface area contributed by atoms with Crippen LogP contribution < -0.4 is 0 Å². The second-order valence-corrected chi connectivity index (χ2v) is 7.61. The van der Waals surface area contributed by atoms with Crippen LogP contribution in [0.3, 0.4) is 0 Å². The van der Waals surface area contributed by atoms with E-state index in [1.165, 1.54) is 0 Å². The SMILES string of the molecule is Cc1c(C(=O)N2CCC3(CCC(=O)N(CCCO)C3)CC2)ccn1C. The number of amides is 2. The third-order valence-corrected chi connectivity index (χ3v) is 6.06. The summed E-state index contributed by atoms with van der Waals surface area (Å²) in [5.74, 6) is 0.328. The molecule has 3 rings (SSSR count). The van der Waals surface area contributed by atoms with Gasteiger partial charge in [-0.2, -0.15) is 0 Å². The summed E-state index contributed by atoms with van der Waals surface area (Å²) in [6.45, 7) is 5.03. The van der Waals surface area contributed by atoms with Crippen LogP contribution in [0.15, 0.2) is 12.3 Å². The molecule has 3 heterocycles. The fourth-order valence-electron chi connectivity index (χ4n) is 4.17. The molecule has 0 saturated carbocycles. The first-order chi connectivity index (χ1) is 12.0. The van der Waals surface area contributed by atoms with Crippen LogP contribution in [-0.2, 0) is 11.8 Å². The van der Waals surface area contributed by atoms with Gasteiger partial charge in [-0.15, -0.1) is 0 Å². The Morgan fingerprint density at radius 2 is 2.00 bits per heavy atom. The van der Waals surface area contributed by atoms with Crippen LogP contribution in [-0.4, -0.2) is 64.1 Å². The predicted molar refractivity (Wildman–Crippen MR) is 95.2 cm³/mol. The minimum atomic E-state index is 0.121. The summed E-state index contributed by atoms with van der Waals surface area (Å²) in [4.78, 5) is 28.8. The molecule has 2 amide bonds. The Bertz CT molecular complexity index is 644. The van der Waals surface area contributed by atoms with Crippen molar-refractivity contribution in [3.05, 3.63) is 23.5 Å². The van der Waals surface area contributed by atoms with Crippen LogP contribution in [0.5, 0.6) is 0 Å². The Balaban J connectivity index is 1.62. The summed E-state index contributed by atoms with van der Waals surface area (Å²) in [5, 5.41) is 9.03. The van der Waals surface area contributed by atoms with Crippen LogP contribution in [0.4, 0.5) is 0 Å². The summed E-state index contributed by atoms with van der Waals surface area (Å²) < 4.78 is 1.98. The quantitative estimate of drug-likeness (QED) is 0.899. The number of piperidine rings is 2. The van der Waals surface area contributed by atoms with Gasteiger partial charge in [-0.1, -0.05) is 0 Å². The molecule has 1 aromatic rings. The van der Waals surface area contributed by atoms with Crippen LogP contribution in [0.2, 0.25) is 0 Å². The molecule has 138 valence electrons. The first-order valence-electron chi connectivity index (χ1n) is 9.26. The molecule has 1 aromatic heterocycles. The third kappa shape index (κ3) is 3.59. The van der Waals surface area contributed by atoms with E-state index < -0.39 is 0 Å². The molecule has 1 spiro atoms. The molecule has 0 aliphatic carbocycles. The van der Waals surface area contributed by atoms with Crippen molar-refractivity contribution >= 4 is 11.8 Å². The van der Waals surface area contributed by atoms with Gasteiger partial charge < -0.3 is 19.5 Å². The van der Waals surface area contributed by atoms with Crippen LogP contribution in [0.1, 0.15) is 48.2 Å². The zero-order chi connectivity index (χ0) is 18.0. The lowest BCUT2D eigenvalue weighted by molar-refractivity contribution is -0.139. The number of carbonyl (C=O) groups excluding carboxylic acids is 2. The average molecular weight is 347 g/mol. The number of hydrogen-bond donors (Lipinski definition) is 1. The van der Waals surface area contributed by atoms with E-state index in [9.17, 15) is 9.59 Å². The number of likely N-dealkylation sites (tertiary alicyclic amines) is 2. The van der Waals surface area contributed by atoms with Gasteiger partial charge in [0.15, 0.2) is 0 Å². The van der Waals surface area contributed by atoms with Crippen molar-refractivity contribution in [2.24, 2.45) is 12.5 Å². The van der Waals surface area contributed by atoms with E-state index in [4.69, 9.17) is 5.11 Å². The van der Waals surface area contributed by atoms with E-state index >= 15 is 0 Å². The summed E-state index contributed by atoms with van der Waals surface area (Å²) in [6, 6.07) is 1.90. The highest BCUT2D eigenvalue weighted by Gasteiger charge is 2.41. The number of carbonyl (C=O) groups is 2. The highest BCUT2D eigenvalue weighted by atomic mass is 16.3. The van der Waals surface area contributed by atoms with Crippen LogP contribution >= 0.6 is 0 Å². The molecule has 6 nitrogen and oxygen atoms in total. The van der Waals surface area contributed by atoms with Crippen molar-refractivity contribution in [3.63, 3.8) is 0 Å². The van der Waals surface area contributed by atoms with Gasteiger partial charge in [0.1, 0.15) is 0 Å². The molecule has 0 unspecified atom stereocenters. The van der Waals surface area contributed by atoms with Crippen molar-refractivity contribution in [1.82, 2.24) is 14.4 Å². The second-order valence-electron chi connectivity index (χ2n) is 7.61. The number of aromatic nitrogens is 1. The van der Waals surface area contributed by atoms with Crippen molar-refractivity contribution in [2.75, 3.05) is 32.8 Å². The van der Waals surface area contributed by atoms with Gasteiger partial charge >= 0.3 is 0 Å². The van der Waals surface area contributed by atoms with E-state index in [2.05, 4.69) is 0 Å². The van der Waals surface area contributed by atoms with Gasteiger partial charge in [-0.25, -0.2) is 0 Å². The van der Waals surface area contributed by atoms with Crippen molar-refractivity contribution < 1.29 is 14.7 Å². The molecule has 2 saturated heterocycles. The normalized spacial score (nSPS) is 20.4. The Morgan fingerprint density at radius 1 is 1.28 bits per heavy atom. The molecule has 2 aliphatic rings. The molecular weight excluding hydrogens is 318 g/mol. The van der Waals surface area contributed by atoms with Crippen LogP contribution in [0, 0.1) is 12.3 Å². The third-order valence-electron chi connectivity index (χ3n) is 6.06. The van der Waals surface area contributed by atoms with Crippen LogP contribution in [0.25, 0.3) is 0 Å². The van der Waals surface area contributed by atoms with Gasteiger partial charge in [0, 0.05) is 58.1 Å². The fourth-order valence-corrected chi connectivity index (χ4v) is 4.17.